The summed E-state index contributed by atoms with van der Waals surface area (Å²) >= 11 is 0. The molecule has 0 radical (unpaired) electrons. The minimum atomic E-state index is -0.295. The topological polar surface area (TPSA) is 65.8 Å². The second-order valence-corrected chi connectivity index (χ2v) is 5.87. The predicted octanol–water partition coefficient (Wildman–Crippen LogP) is 1.69. The standard InChI is InChI=1S/C18H27N3O4/c1-4-23-9-10-24-11-12-25-18(22)14-21-16-8-6-5-7-15(16)19-17(21)13-20(2)3/h5-8H,4,9-14H2,1-3H3. The van der Waals surface area contributed by atoms with Gasteiger partial charge in [0.25, 0.3) is 0 Å². The van der Waals surface area contributed by atoms with Crippen LogP contribution >= 0.6 is 0 Å². The largest absolute Gasteiger partial charge is 0.462 e. The molecule has 0 saturated heterocycles. The number of hydrogen-bond acceptors (Lipinski definition) is 6. The molecule has 0 aliphatic rings. The molecule has 1 heterocycles. The fourth-order valence-electron chi connectivity index (χ4n) is 2.46. The lowest BCUT2D eigenvalue weighted by molar-refractivity contribution is -0.146. The molecule has 2 rings (SSSR count). The lowest BCUT2D eigenvalue weighted by Gasteiger charge is -2.12. The van der Waals surface area contributed by atoms with E-state index in [9.17, 15) is 4.79 Å². The summed E-state index contributed by atoms with van der Waals surface area (Å²) < 4.78 is 17.7. The van der Waals surface area contributed by atoms with Gasteiger partial charge in [0.05, 0.1) is 37.4 Å². The molecule has 138 valence electrons. The van der Waals surface area contributed by atoms with E-state index in [1.165, 1.54) is 0 Å². The third-order valence-electron chi connectivity index (χ3n) is 3.55. The van der Waals surface area contributed by atoms with Gasteiger partial charge in [-0.05, 0) is 33.2 Å². The van der Waals surface area contributed by atoms with Crippen LogP contribution in [0.1, 0.15) is 12.7 Å². The van der Waals surface area contributed by atoms with Crippen molar-refractivity contribution in [3.63, 3.8) is 0 Å². The number of ether oxygens (including phenoxy) is 3. The van der Waals surface area contributed by atoms with Crippen LogP contribution in [0.3, 0.4) is 0 Å². The summed E-state index contributed by atoms with van der Waals surface area (Å²) in [4.78, 5) is 18.8. The second-order valence-electron chi connectivity index (χ2n) is 5.87. The first kappa shape index (κ1) is 19.4. The van der Waals surface area contributed by atoms with Crippen LogP contribution in [0.4, 0.5) is 0 Å². The third kappa shape index (κ3) is 6.12. The lowest BCUT2D eigenvalue weighted by atomic mass is 10.3. The number of para-hydroxylation sites is 2. The highest BCUT2D eigenvalue weighted by Gasteiger charge is 2.14. The number of imidazole rings is 1. The van der Waals surface area contributed by atoms with Crippen LogP contribution in [0.25, 0.3) is 11.0 Å². The molecule has 0 fully saturated rings. The number of hydrogen-bond donors (Lipinski definition) is 0. The molecule has 7 heteroatoms. The Balaban J connectivity index is 1.89. The maximum Gasteiger partial charge on any atom is 0.326 e. The van der Waals surface area contributed by atoms with Crippen LogP contribution < -0.4 is 0 Å². The zero-order valence-electron chi connectivity index (χ0n) is 15.2. The number of nitrogens with zero attached hydrogens (tertiary/aromatic N) is 3. The van der Waals surface area contributed by atoms with E-state index in [1.807, 2.05) is 54.8 Å². The summed E-state index contributed by atoms with van der Waals surface area (Å²) in [5, 5.41) is 0. The minimum absolute atomic E-state index is 0.142. The van der Waals surface area contributed by atoms with Crippen LogP contribution in [-0.4, -0.2) is 67.6 Å². The minimum Gasteiger partial charge on any atom is -0.462 e. The number of benzene rings is 1. The monoisotopic (exact) mass is 349 g/mol. The molecule has 0 unspecified atom stereocenters. The van der Waals surface area contributed by atoms with Gasteiger partial charge in [-0.25, -0.2) is 4.98 Å². The molecule has 1 aromatic carbocycles. The van der Waals surface area contributed by atoms with E-state index in [1.54, 1.807) is 0 Å². The first-order valence-corrected chi connectivity index (χ1v) is 8.51. The average Bonchev–Trinajstić information content (AvgIpc) is 2.91. The normalized spacial score (nSPS) is 11.4. The van der Waals surface area contributed by atoms with Crippen molar-refractivity contribution in [3.05, 3.63) is 30.1 Å². The molecule has 0 bridgehead atoms. The van der Waals surface area contributed by atoms with Gasteiger partial charge in [-0.1, -0.05) is 12.1 Å². The smallest absolute Gasteiger partial charge is 0.326 e. The van der Waals surface area contributed by atoms with Crippen molar-refractivity contribution in [2.45, 2.75) is 20.0 Å². The van der Waals surface area contributed by atoms with E-state index in [-0.39, 0.29) is 19.1 Å². The Morgan fingerprint density at radius 2 is 1.84 bits per heavy atom. The van der Waals surface area contributed by atoms with Crippen molar-refractivity contribution in [1.29, 1.82) is 0 Å². The molecule has 25 heavy (non-hydrogen) atoms. The maximum atomic E-state index is 12.2. The SMILES string of the molecule is CCOCCOCCOC(=O)Cn1c(CN(C)C)nc2ccccc21. The lowest BCUT2D eigenvalue weighted by Crippen LogP contribution is -2.21. The Kier molecular flexibility index (Phi) is 7.84. The van der Waals surface area contributed by atoms with Gasteiger partial charge in [0, 0.05) is 6.61 Å². The van der Waals surface area contributed by atoms with Crippen LogP contribution in [0.5, 0.6) is 0 Å². The number of carbonyl (C=O) groups is 1. The first-order valence-electron chi connectivity index (χ1n) is 8.51. The fourth-order valence-corrected chi connectivity index (χ4v) is 2.46. The Labute approximate surface area is 148 Å². The molecule has 2 aromatic rings. The summed E-state index contributed by atoms with van der Waals surface area (Å²) in [6.07, 6.45) is 0. The van der Waals surface area contributed by atoms with E-state index in [2.05, 4.69) is 4.98 Å². The van der Waals surface area contributed by atoms with Crippen LogP contribution in [0.15, 0.2) is 24.3 Å². The van der Waals surface area contributed by atoms with Gasteiger partial charge in [0.15, 0.2) is 0 Å². The van der Waals surface area contributed by atoms with Crippen LogP contribution in [0, 0.1) is 0 Å². The molecule has 0 N–H and O–H groups in total. The molecule has 0 spiro atoms. The van der Waals surface area contributed by atoms with E-state index in [4.69, 9.17) is 14.2 Å². The van der Waals surface area contributed by atoms with E-state index in [0.29, 0.717) is 33.0 Å². The summed E-state index contributed by atoms with van der Waals surface area (Å²) in [7, 11) is 3.95. The van der Waals surface area contributed by atoms with Crippen molar-refractivity contribution < 1.29 is 19.0 Å². The first-order chi connectivity index (χ1) is 12.1. The highest BCUT2D eigenvalue weighted by molar-refractivity contribution is 5.78. The summed E-state index contributed by atoms with van der Waals surface area (Å²) in [6.45, 7) is 5.07. The van der Waals surface area contributed by atoms with Crippen molar-refractivity contribution >= 4 is 17.0 Å². The van der Waals surface area contributed by atoms with Gasteiger partial charge < -0.3 is 23.7 Å². The summed E-state index contributed by atoms with van der Waals surface area (Å²) in [5.41, 5.74) is 1.82. The molecular weight excluding hydrogens is 322 g/mol. The molecule has 0 aliphatic carbocycles. The molecule has 7 nitrogen and oxygen atoms in total. The third-order valence-corrected chi connectivity index (χ3v) is 3.55. The van der Waals surface area contributed by atoms with E-state index < -0.39 is 0 Å². The van der Waals surface area contributed by atoms with Gasteiger partial charge in [-0.3, -0.25) is 4.79 Å². The van der Waals surface area contributed by atoms with Gasteiger partial charge in [0.2, 0.25) is 0 Å². The summed E-state index contributed by atoms with van der Waals surface area (Å²) in [6, 6.07) is 7.79. The molecular formula is C18H27N3O4. The molecule has 0 amide bonds. The Morgan fingerprint density at radius 3 is 2.60 bits per heavy atom. The maximum absolute atomic E-state index is 12.2. The molecule has 0 aliphatic heterocycles. The van der Waals surface area contributed by atoms with Crippen LogP contribution in [-0.2, 0) is 32.1 Å². The number of aromatic nitrogens is 2. The van der Waals surface area contributed by atoms with Gasteiger partial charge >= 0.3 is 5.97 Å². The van der Waals surface area contributed by atoms with Gasteiger partial charge in [-0.2, -0.15) is 0 Å². The highest BCUT2D eigenvalue weighted by Crippen LogP contribution is 2.17. The summed E-state index contributed by atoms with van der Waals surface area (Å²) in [5.74, 6) is 0.549. The highest BCUT2D eigenvalue weighted by atomic mass is 16.6. The molecule has 0 atom stereocenters. The van der Waals surface area contributed by atoms with E-state index in [0.717, 1.165) is 16.9 Å². The number of carbonyl (C=O) groups excluding carboxylic acids is 1. The zero-order chi connectivity index (χ0) is 18.1. The zero-order valence-corrected chi connectivity index (χ0v) is 15.2. The Bertz CT molecular complexity index is 669. The van der Waals surface area contributed by atoms with Gasteiger partial charge in [-0.15, -0.1) is 0 Å². The van der Waals surface area contributed by atoms with Crippen molar-refractivity contribution in [3.8, 4) is 0 Å². The van der Waals surface area contributed by atoms with Crippen molar-refractivity contribution in [2.75, 3.05) is 47.1 Å². The molecule has 0 saturated carbocycles. The Morgan fingerprint density at radius 1 is 1.12 bits per heavy atom. The van der Waals surface area contributed by atoms with Crippen molar-refractivity contribution in [2.24, 2.45) is 0 Å². The Hall–Kier alpha value is -1.96. The van der Waals surface area contributed by atoms with Crippen LogP contribution in [0.2, 0.25) is 0 Å². The molecule has 1 aromatic heterocycles. The number of rotatable bonds is 11. The second kappa shape index (κ2) is 10.1. The number of fused-ring (bicyclic) bond motifs is 1. The van der Waals surface area contributed by atoms with Gasteiger partial charge in [0.1, 0.15) is 19.0 Å². The predicted molar refractivity (Wildman–Crippen MR) is 95.4 cm³/mol. The average molecular weight is 349 g/mol. The fraction of sp³-hybridized carbons (Fsp3) is 0.556. The van der Waals surface area contributed by atoms with E-state index >= 15 is 0 Å². The number of esters is 1. The van der Waals surface area contributed by atoms with Crippen molar-refractivity contribution in [1.82, 2.24) is 14.5 Å². The quantitative estimate of drug-likeness (QED) is 0.454.